The first-order valence-electron chi connectivity index (χ1n) is 5.21. The van der Waals surface area contributed by atoms with Crippen LogP contribution in [0.4, 0.5) is 8.78 Å². The van der Waals surface area contributed by atoms with Crippen molar-refractivity contribution in [2.75, 3.05) is 6.54 Å². The zero-order chi connectivity index (χ0) is 13.7. The van der Waals surface area contributed by atoms with Crippen LogP contribution in [0.25, 0.3) is 0 Å². The monoisotopic (exact) mass is 255 g/mol. The van der Waals surface area contributed by atoms with Crippen LogP contribution in [0.5, 0.6) is 0 Å². The van der Waals surface area contributed by atoms with E-state index in [4.69, 9.17) is 9.59 Å². The number of hydrogen-bond donors (Lipinski definition) is 1. The van der Waals surface area contributed by atoms with Gasteiger partial charge in [0.15, 0.2) is 0 Å². The summed E-state index contributed by atoms with van der Waals surface area (Å²) < 4.78 is 26.7. The summed E-state index contributed by atoms with van der Waals surface area (Å²) in [5, 5.41) is 2.60. The van der Waals surface area contributed by atoms with Crippen LogP contribution in [0.15, 0.2) is 12.1 Å². The van der Waals surface area contributed by atoms with E-state index in [1.54, 1.807) is 0 Å². The maximum Gasteiger partial charge on any atom is 0.373 e. The zero-order valence-electron chi connectivity index (χ0n) is 9.63. The van der Waals surface area contributed by atoms with Gasteiger partial charge in [0.05, 0.1) is 0 Å². The van der Waals surface area contributed by atoms with Crippen LogP contribution in [-0.4, -0.2) is 18.6 Å². The summed E-state index contributed by atoms with van der Waals surface area (Å²) >= 11 is 0. The molecular formula is C12H11F2NO3. The zero-order valence-corrected chi connectivity index (χ0v) is 9.63. The Hall–Kier alpha value is -2.07. The molecule has 1 atom stereocenters. The van der Waals surface area contributed by atoms with E-state index >= 15 is 0 Å². The molecule has 0 aliphatic carbocycles. The highest BCUT2D eigenvalue weighted by molar-refractivity contribution is 5.79. The Bertz CT molecular complexity index is 496. The summed E-state index contributed by atoms with van der Waals surface area (Å²) in [7, 11) is 0. The summed E-state index contributed by atoms with van der Waals surface area (Å²) in [4.78, 5) is 27.2. The van der Waals surface area contributed by atoms with E-state index in [9.17, 15) is 13.6 Å². The van der Waals surface area contributed by atoms with E-state index in [1.807, 2.05) is 0 Å². The lowest BCUT2D eigenvalue weighted by molar-refractivity contribution is -0.191. The van der Waals surface area contributed by atoms with Crippen molar-refractivity contribution in [1.29, 1.82) is 0 Å². The van der Waals surface area contributed by atoms with Crippen molar-refractivity contribution in [1.82, 2.24) is 5.32 Å². The molecule has 1 aliphatic heterocycles. The summed E-state index contributed by atoms with van der Waals surface area (Å²) in [6.07, 6.45) is 0.486. The quantitative estimate of drug-likeness (QED) is 0.822. The Morgan fingerprint density at radius 2 is 1.89 bits per heavy atom. The fraction of sp³-hybridized carbons (Fsp3) is 0.333. The second-order valence-electron chi connectivity index (χ2n) is 3.91. The normalized spacial score (nSPS) is 17.5. The molecule has 0 radical (unpaired) electrons. The maximum absolute atomic E-state index is 13.5. The number of carbonyl (C=O) groups is 1. The summed E-state index contributed by atoms with van der Waals surface area (Å²) in [5.74, 6) is -1.21. The third-order valence-corrected chi connectivity index (χ3v) is 2.70. The molecule has 4 nitrogen and oxygen atoms in total. The molecule has 6 heteroatoms. The predicted molar refractivity (Wildman–Crippen MR) is 56.5 cm³/mol. The van der Waals surface area contributed by atoms with Gasteiger partial charge in [-0.05, 0) is 30.2 Å². The van der Waals surface area contributed by atoms with Crippen LogP contribution in [0.1, 0.15) is 23.5 Å². The fourth-order valence-corrected chi connectivity index (χ4v) is 1.80. The van der Waals surface area contributed by atoms with Gasteiger partial charge in [0.25, 0.3) is 0 Å². The highest BCUT2D eigenvalue weighted by Crippen LogP contribution is 2.27. The molecule has 0 spiro atoms. The van der Waals surface area contributed by atoms with Crippen molar-refractivity contribution < 1.29 is 23.2 Å². The van der Waals surface area contributed by atoms with Gasteiger partial charge in [-0.2, -0.15) is 9.59 Å². The van der Waals surface area contributed by atoms with E-state index in [1.165, 1.54) is 19.1 Å². The highest BCUT2D eigenvalue weighted by Gasteiger charge is 2.26. The van der Waals surface area contributed by atoms with Gasteiger partial charge < -0.3 is 5.32 Å². The van der Waals surface area contributed by atoms with Gasteiger partial charge in [-0.3, -0.25) is 4.79 Å². The van der Waals surface area contributed by atoms with E-state index in [0.29, 0.717) is 6.54 Å². The molecule has 0 aromatic heterocycles. The Labute approximate surface area is 102 Å². The Balaban J connectivity index is 0.000000492. The predicted octanol–water partition coefficient (Wildman–Crippen LogP) is 1.29. The van der Waals surface area contributed by atoms with Crippen LogP contribution < -0.4 is 5.32 Å². The Morgan fingerprint density at radius 3 is 2.39 bits per heavy atom. The minimum absolute atomic E-state index is 0.111. The number of halogens is 2. The lowest BCUT2D eigenvalue weighted by Crippen LogP contribution is -2.13. The topological polar surface area (TPSA) is 63.2 Å². The number of carbonyl (C=O) groups excluding carboxylic acids is 3. The van der Waals surface area contributed by atoms with Crippen LogP contribution in [0, 0.1) is 18.6 Å². The summed E-state index contributed by atoms with van der Waals surface area (Å²) in [5.41, 5.74) is 0.574. The van der Waals surface area contributed by atoms with Crippen LogP contribution in [-0.2, 0) is 14.4 Å². The lowest BCUT2D eigenvalue weighted by atomic mass is 9.96. The standard InChI is InChI=1S/C11H11F2NO.CO2/c1-6-2-10(13)8(4-9(6)12)7-3-11(15)14-5-7;2-1-3/h2,4,7H,3,5H2,1H3,(H,14,15);/t7-;/m0./s1. The van der Waals surface area contributed by atoms with Crippen molar-refractivity contribution in [3.8, 4) is 0 Å². The van der Waals surface area contributed by atoms with E-state index in [-0.39, 0.29) is 35.5 Å². The number of nitrogens with one attached hydrogen (secondary N) is 1. The second kappa shape index (κ2) is 6.02. The molecule has 1 N–H and O–H groups in total. The molecule has 0 bridgehead atoms. The minimum Gasteiger partial charge on any atom is -0.355 e. The SMILES string of the molecule is Cc1cc(F)c([C@@H]2CNC(=O)C2)cc1F.O=C=O. The molecule has 1 saturated heterocycles. The van der Waals surface area contributed by atoms with E-state index in [2.05, 4.69) is 5.32 Å². The number of benzene rings is 1. The molecule has 0 unspecified atom stereocenters. The van der Waals surface area contributed by atoms with Gasteiger partial charge in [0.2, 0.25) is 5.91 Å². The third-order valence-electron chi connectivity index (χ3n) is 2.70. The molecule has 0 saturated carbocycles. The van der Waals surface area contributed by atoms with Crippen LogP contribution in [0.3, 0.4) is 0 Å². The number of amides is 1. The van der Waals surface area contributed by atoms with Gasteiger partial charge in [0.1, 0.15) is 11.6 Å². The fourth-order valence-electron chi connectivity index (χ4n) is 1.80. The molecule has 2 rings (SSSR count). The molecule has 1 aromatic carbocycles. The molecule has 1 aromatic rings. The number of rotatable bonds is 1. The van der Waals surface area contributed by atoms with E-state index < -0.39 is 11.6 Å². The highest BCUT2D eigenvalue weighted by atomic mass is 19.1. The first-order valence-corrected chi connectivity index (χ1v) is 5.21. The molecule has 1 amide bonds. The lowest BCUT2D eigenvalue weighted by Gasteiger charge is -2.10. The maximum atomic E-state index is 13.5. The first kappa shape index (κ1) is 14.0. The largest absolute Gasteiger partial charge is 0.373 e. The summed E-state index contributed by atoms with van der Waals surface area (Å²) in [6, 6.07) is 2.36. The van der Waals surface area contributed by atoms with Gasteiger partial charge in [0, 0.05) is 18.9 Å². The number of aryl methyl sites for hydroxylation is 1. The Morgan fingerprint density at radius 1 is 1.28 bits per heavy atom. The van der Waals surface area contributed by atoms with Gasteiger partial charge in [-0.1, -0.05) is 0 Å². The van der Waals surface area contributed by atoms with E-state index in [0.717, 1.165) is 0 Å². The smallest absolute Gasteiger partial charge is 0.355 e. The molecule has 1 heterocycles. The number of hydrogen-bond acceptors (Lipinski definition) is 3. The minimum atomic E-state index is -0.435. The average Bonchev–Trinajstić information content (AvgIpc) is 2.71. The molecule has 18 heavy (non-hydrogen) atoms. The molecule has 96 valence electrons. The van der Waals surface area contributed by atoms with Crippen molar-refractivity contribution in [3.63, 3.8) is 0 Å². The van der Waals surface area contributed by atoms with Crippen molar-refractivity contribution in [2.45, 2.75) is 19.3 Å². The second-order valence-corrected chi connectivity index (χ2v) is 3.91. The third kappa shape index (κ3) is 3.21. The Kier molecular flexibility index (Phi) is 4.68. The molecule has 1 fully saturated rings. The van der Waals surface area contributed by atoms with Crippen molar-refractivity contribution in [2.24, 2.45) is 0 Å². The average molecular weight is 255 g/mol. The van der Waals surface area contributed by atoms with Crippen LogP contribution >= 0.6 is 0 Å². The van der Waals surface area contributed by atoms with Crippen molar-refractivity contribution >= 4 is 12.1 Å². The molecular weight excluding hydrogens is 244 g/mol. The van der Waals surface area contributed by atoms with Gasteiger partial charge >= 0.3 is 6.15 Å². The van der Waals surface area contributed by atoms with Crippen molar-refractivity contribution in [3.05, 3.63) is 34.9 Å². The molecule has 1 aliphatic rings. The van der Waals surface area contributed by atoms with Gasteiger partial charge in [-0.25, -0.2) is 8.78 Å². The first-order chi connectivity index (χ1) is 8.49. The van der Waals surface area contributed by atoms with Gasteiger partial charge in [-0.15, -0.1) is 0 Å². The summed E-state index contributed by atoms with van der Waals surface area (Å²) in [6.45, 7) is 1.90. The van der Waals surface area contributed by atoms with Crippen LogP contribution in [0.2, 0.25) is 0 Å².